The van der Waals surface area contributed by atoms with E-state index in [9.17, 15) is 4.79 Å². The summed E-state index contributed by atoms with van der Waals surface area (Å²) in [5, 5.41) is 0. The van der Waals surface area contributed by atoms with Gasteiger partial charge in [-0.2, -0.15) is 0 Å². The Kier molecular flexibility index (Phi) is 4.79. The standard InChI is InChI=1S/C12H18N2O2/c1-10(13)12(15)14(2)8-9-16-11-6-4-3-5-7-11/h3-7,10H,8-9,13H2,1-2H3/t10-/m0/s1. The van der Waals surface area contributed by atoms with Gasteiger partial charge < -0.3 is 15.4 Å². The van der Waals surface area contributed by atoms with Crippen LogP contribution >= 0.6 is 0 Å². The van der Waals surface area contributed by atoms with Crippen LogP contribution in [0, 0.1) is 0 Å². The first-order valence-electron chi connectivity index (χ1n) is 5.29. The minimum Gasteiger partial charge on any atom is -0.492 e. The molecule has 0 aliphatic rings. The van der Waals surface area contributed by atoms with Crippen molar-refractivity contribution in [2.45, 2.75) is 13.0 Å². The zero-order valence-corrected chi connectivity index (χ0v) is 9.72. The topological polar surface area (TPSA) is 55.6 Å². The van der Waals surface area contributed by atoms with Gasteiger partial charge in [0.25, 0.3) is 0 Å². The predicted molar refractivity (Wildman–Crippen MR) is 63.2 cm³/mol. The van der Waals surface area contributed by atoms with E-state index in [0.29, 0.717) is 13.2 Å². The molecule has 0 unspecified atom stereocenters. The summed E-state index contributed by atoms with van der Waals surface area (Å²) >= 11 is 0. The van der Waals surface area contributed by atoms with Crippen LogP contribution in [-0.4, -0.2) is 37.0 Å². The summed E-state index contributed by atoms with van der Waals surface area (Å²) in [5.41, 5.74) is 5.49. The van der Waals surface area contributed by atoms with Gasteiger partial charge in [-0.25, -0.2) is 0 Å². The molecule has 0 saturated heterocycles. The fraction of sp³-hybridized carbons (Fsp3) is 0.417. The summed E-state index contributed by atoms with van der Waals surface area (Å²) in [4.78, 5) is 13.0. The molecule has 0 fully saturated rings. The van der Waals surface area contributed by atoms with Crippen LogP contribution in [0.1, 0.15) is 6.92 Å². The lowest BCUT2D eigenvalue weighted by Crippen LogP contribution is -2.41. The molecule has 4 nitrogen and oxygen atoms in total. The normalized spacial score (nSPS) is 11.9. The Hall–Kier alpha value is -1.55. The summed E-state index contributed by atoms with van der Waals surface area (Å²) in [6.07, 6.45) is 0. The van der Waals surface area contributed by atoms with Gasteiger partial charge >= 0.3 is 0 Å². The molecule has 0 radical (unpaired) electrons. The Labute approximate surface area is 96.0 Å². The SMILES string of the molecule is C[C@H](N)C(=O)N(C)CCOc1ccccc1. The van der Waals surface area contributed by atoms with Crippen LogP contribution in [0.25, 0.3) is 0 Å². The van der Waals surface area contributed by atoms with Gasteiger partial charge in [0.15, 0.2) is 0 Å². The van der Waals surface area contributed by atoms with E-state index in [1.165, 1.54) is 0 Å². The van der Waals surface area contributed by atoms with E-state index in [1.807, 2.05) is 30.3 Å². The zero-order valence-electron chi connectivity index (χ0n) is 9.72. The molecular weight excluding hydrogens is 204 g/mol. The summed E-state index contributed by atoms with van der Waals surface area (Å²) in [6, 6.07) is 9.05. The highest BCUT2D eigenvalue weighted by atomic mass is 16.5. The fourth-order valence-corrected chi connectivity index (χ4v) is 1.27. The number of hydrogen-bond donors (Lipinski definition) is 1. The van der Waals surface area contributed by atoms with Crippen molar-refractivity contribution in [3.8, 4) is 5.75 Å². The number of benzene rings is 1. The molecule has 0 bridgehead atoms. The molecule has 1 atom stereocenters. The number of likely N-dealkylation sites (N-methyl/N-ethyl adjacent to an activating group) is 1. The molecule has 16 heavy (non-hydrogen) atoms. The summed E-state index contributed by atoms with van der Waals surface area (Å²) in [6.45, 7) is 2.69. The number of nitrogens with zero attached hydrogens (tertiary/aromatic N) is 1. The molecule has 0 aromatic heterocycles. The molecule has 0 spiro atoms. The van der Waals surface area contributed by atoms with Gasteiger partial charge in [0.05, 0.1) is 12.6 Å². The van der Waals surface area contributed by atoms with E-state index < -0.39 is 6.04 Å². The average molecular weight is 222 g/mol. The molecule has 88 valence electrons. The highest BCUT2D eigenvalue weighted by Gasteiger charge is 2.12. The van der Waals surface area contributed by atoms with E-state index in [-0.39, 0.29) is 5.91 Å². The second-order valence-electron chi connectivity index (χ2n) is 3.71. The van der Waals surface area contributed by atoms with Crippen LogP contribution in [0.4, 0.5) is 0 Å². The zero-order chi connectivity index (χ0) is 12.0. The Balaban J connectivity index is 2.28. The Morgan fingerprint density at radius 1 is 1.44 bits per heavy atom. The molecule has 1 aromatic carbocycles. The largest absolute Gasteiger partial charge is 0.492 e. The maximum atomic E-state index is 11.4. The molecule has 1 aromatic rings. The molecule has 0 aliphatic carbocycles. The van der Waals surface area contributed by atoms with Gasteiger partial charge in [0.1, 0.15) is 12.4 Å². The van der Waals surface area contributed by atoms with E-state index >= 15 is 0 Å². The first-order chi connectivity index (χ1) is 7.61. The highest BCUT2D eigenvalue weighted by Crippen LogP contribution is 2.07. The summed E-state index contributed by atoms with van der Waals surface area (Å²) < 4.78 is 5.47. The van der Waals surface area contributed by atoms with Crippen molar-refractivity contribution >= 4 is 5.91 Å². The van der Waals surface area contributed by atoms with Crippen LogP contribution in [0.15, 0.2) is 30.3 Å². The van der Waals surface area contributed by atoms with Crippen molar-refractivity contribution < 1.29 is 9.53 Å². The van der Waals surface area contributed by atoms with Gasteiger partial charge in [-0.05, 0) is 19.1 Å². The fourth-order valence-electron chi connectivity index (χ4n) is 1.27. The van der Waals surface area contributed by atoms with E-state index in [0.717, 1.165) is 5.75 Å². The van der Waals surface area contributed by atoms with Crippen molar-refractivity contribution in [2.75, 3.05) is 20.2 Å². The minimum atomic E-state index is -0.457. The smallest absolute Gasteiger partial charge is 0.239 e. The monoisotopic (exact) mass is 222 g/mol. The molecule has 0 aliphatic heterocycles. The third-order valence-corrected chi connectivity index (χ3v) is 2.20. The maximum absolute atomic E-state index is 11.4. The number of para-hydroxylation sites is 1. The lowest BCUT2D eigenvalue weighted by molar-refractivity contribution is -0.131. The van der Waals surface area contributed by atoms with Crippen LogP contribution in [0.3, 0.4) is 0 Å². The number of amides is 1. The molecular formula is C12H18N2O2. The number of carbonyl (C=O) groups excluding carboxylic acids is 1. The molecule has 4 heteroatoms. The van der Waals surface area contributed by atoms with E-state index in [4.69, 9.17) is 10.5 Å². The quantitative estimate of drug-likeness (QED) is 0.804. The number of hydrogen-bond acceptors (Lipinski definition) is 3. The van der Waals surface area contributed by atoms with Gasteiger partial charge in [0, 0.05) is 7.05 Å². The van der Waals surface area contributed by atoms with Crippen molar-refractivity contribution in [3.05, 3.63) is 30.3 Å². The third-order valence-electron chi connectivity index (χ3n) is 2.20. The Morgan fingerprint density at radius 2 is 2.06 bits per heavy atom. The Bertz CT molecular complexity index is 325. The van der Waals surface area contributed by atoms with Crippen molar-refractivity contribution in [1.82, 2.24) is 4.90 Å². The van der Waals surface area contributed by atoms with Gasteiger partial charge in [-0.1, -0.05) is 18.2 Å². The number of rotatable bonds is 5. The Morgan fingerprint density at radius 3 is 2.62 bits per heavy atom. The minimum absolute atomic E-state index is 0.0725. The van der Waals surface area contributed by atoms with Crippen molar-refractivity contribution in [3.63, 3.8) is 0 Å². The van der Waals surface area contributed by atoms with Gasteiger partial charge in [-0.15, -0.1) is 0 Å². The van der Waals surface area contributed by atoms with Gasteiger partial charge in [0.2, 0.25) is 5.91 Å². The molecule has 0 heterocycles. The molecule has 2 N–H and O–H groups in total. The molecule has 0 saturated carbocycles. The van der Waals surface area contributed by atoms with Crippen molar-refractivity contribution in [2.24, 2.45) is 5.73 Å². The second kappa shape index (κ2) is 6.12. The van der Waals surface area contributed by atoms with Gasteiger partial charge in [-0.3, -0.25) is 4.79 Å². The van der Waals surface area contributed by atoms with E-state index in [1.54, 1.807) is 18.9 Å². The number of carbonyl (C=O) groups is 1. The third kappa shape index (κ3) is 3.90. The number of nitrogens with two attached hydrogens (primary N) is 1. The summed E-state index contributed by atoms with van der Waals surface area (Å²) in [5.74, 6) is 0.737. The predicted octanol–water partition coefficient (Wildman–Crippen LogP) is 0.871. The summed E-state index contributed by atoms with van der Waals surface area (Å²) in [7, 11) is 1.72. The van der Waals surface area contributed by atoms with E-state index in [2.05, 4.69) is 0 Å². The lowest BCUT2D eigenvalue weighted by Gasteiger charge is -2.19. The average Bonchev–Trinajstić information content (AvgIpc) is 2.29. The maximum Gasteiger partial charge on any atom is 0.239 e. The van der Waals surface area contributed by atoms with Crippen molar-refractivity contribution in [1.29, 1.82) is 0 Å². The van der Waals surface area contributed by atoms with Crippen LogP contribution in [-0.2, 0) is 4.79 Å². The van der Waals surface area contributed by atoms with Crippen LogP contribution in [0.5, 0.6) is 5.75 Å². The molecule has 1 amide bonds. The first kappa shape index (κ1) is 12.5. The van der Waals surface area contributed by atoms with Crippen LogP contribution < -0.4 is 10.5 Å². The highest BCUT2D eigenvalue weighted by molar-refractivity contribution is 5.80. The lowest BCUT2D eigenvalue weighted by atomic mass is 10.3. The first-order valence-corrected chi connectivity index (χ1v) is 5.29. The molecule has 1 rings (SSSR count). The van der Waals surface area contributed by atoms with Crippen LogP contribution in [0.2, 0.25) is 0 Å². The number of ether oxygens (including phenoxy) is 1. The second-order valence-corrected chi connectivity index (χ2v) is 3.71.